The van der Waals surface area contributed by atoms with Gasteiger partial charge in [0.25, 0.3) is 0 Å². The highest BCUT2D eigenvalue weighted by molar-refractivity contribution is 5.38. The van der Waals surface area contributed by atoms with E-state index in [1.54, 1.807) is 18.2 Å². The summed E-state index contributed by atoms with van der Waals surface area (Å²) in [4.78, 5) is 7.99. The second-order valence-electron chi connectivity index (χ2n) is 3.82. The van der Waals surface area contributed by atoms with Gasteiger partial charge in [0.15, 0.2) is 0 Å². The molecular weight excluding hydrogens is 231 g/mol. The van der Waals surface area contributed by atoms with Gasteiger partial charge in [0, 0.05) is 23.9 Å². The second kappa shape index (κ2) is 5.23. The fourth-order valence-corrected chi connectivity index (χ4v) is 1.50. The maximum atomic E-state index is 13.6. The van der Waals surface area contributed by atoms with Crippen molar-refractivity contribution in [3.63, 3.8) is 0 Å². The van der Waals surface area contributed by atoms with Crippen molar-refractivity contribution in [2.75, 3.05) is 5.32 Å². The van der Waals surface area contributed by atoms with Crippen molar-refractivity contribution in [1.82, 2.24) is 9.97 Å². The number of aryl methyl sites for hydroxylation is 1. The molecule has 0 saturated carbocycles. The van der Waals surface area contributed by atoms with E-state index in [9.17, 15) is 4.39 Å². The lowest BCUT2D eigenvalue weighted by atomic mass is 10.1. The largest absolute Gasteiger partial charge is 0.366 e. The van der Waals surface area contributed by atoms with Gasteiger partial charge in [-0.05, 0) is 19.1 Å². The molecular formula is C13H11FN4. The van der Waals surface area contributed by atoms with Crippen LogP contribution in [0.1, 0.15) is 16.8 Å². The molecule has 1 aromatic heterocycles. The first-order valence-electron chi connectivity index (χ1n) is 5.40. The first-order chi connectivity index (χ1) is 8.69. The van der Waals surface area contributed by atoms with Gasteiger partial charge in [-0.25, -0.2) is 14.4 Å². The van der Waals surface area contributed by atoms with Gasteiger partial charge < -0.3 is 5.32 Å². The molecule has 0 spiro atoms. The van der Waals surface area contributed by atoms with E-state index < -0.39 is 5.82 Å². The summed E-state index contributed by atoms with van der Waals surface area (Å²) in [5.41, 5.74) is 1.65. The number of nitrogens with zero attached hydrogens (tertiary/aromatic N) is 3. The summed E-state index contributed by atoms with van der Waals surface area (Å²) in [5.74, 6) is 0.249. The van der Waals surface area contributed by atoms with E-state index in [0.717, 1.165) is 5.69 Å². The molecule has 0 aliphatic rings. The van der Waals surface area contributed by atoms with Crippen LogP contribution in [0.4, 0.5) is 10.2 Å². The molecule has 1 heterocycles. The number of anilines is 1. The molecule has 0 fully saturated rings. The summed E-state index contributed by atoms with van der Waals surface area (Å²) >= 11 is 0. The molecule has 0 aliphatic carbocycles. The Labute approximate surface area is 104 Å². The zero-order valence-corrected chi connectivity index (χ0v) is 9.81. The number of nitrogens with one attached hydrogen (secondary N) is 1. The van der Waals surface area contributed by atoms with Crippen LogP contribution in [0.25, 0.3) is 0 Å². The molecule has 0 aliphatic heterocycles. The standard InChI is InChI=1S/C13H11FN4/c1-9-4-13(18-8-17-9)16-7-11-3-2-10(6-15)5-12(11)14/h2-5,8H,7H2,1H3,(H,16,17,18). The molecule has 2 rings (SSSR count). The lowest BCUT2D eigenvalue weighted by Crippen LogP contribution is -2.04. The lowest BCUT2D eigenvalue weighted by Gasteiger charge is -2.07. The van der Waals surface area contributed by atoms with E-state index in [2.05, 4.69) is 15.3 Å². The monoisotopic (exact) mass is 242 g/mol. The van der Waals surface area contributed by atoms with E-state index >= 15 is 0 Å². The lowest BCUT2D eigenvalue weighted by molar-refractivity contribution is 0.612. The highest BCUT2D eigenvalue weighted by Gasteiger charge is 2.04. The Hall–Kier alpha value is -2.48. The van der Waals surface area contributed by atoms with Crippen LogP contribution in [0.15, 0.2) is 30.6 Å². The summed E-state index contributed by atoms with van der Waals surface area (Å²) in [6.07, 6.45) is 1.45. The minimum atomic E-state index is -0.396. The van der Waals surface area contributed by atoms with Crippen molar-refractivity contribution in [2.24, 2.45) is 0 Å². The van der Waals surface area contributed by atoms with Gasteiger partial charge >= 0.3 is 0 Å². The molecule has 18 heavy (non-hydrogen) atoms. The molecule has 90 valence electrons. The Morgan fingerprint density at radius 1 is 1.33 bits per heavy atom. The Morgan fingerprint density at radius 3 is 2.83 bits per heavy atom. The van der Waals surface area contributed by atoms with Crippen molar-refractivity contribution in [3.05, 3.63) is 53.2 Å². The van der Waals surface area contributed by atoms with Crippen molar-refractivity contribution in [1.29, 1.82) is 5.26 Å². The Morgan fingerprint density at radius 2 is 2.17 bits per heavy atom. The van der Waals surface area contributed by atoms with Crippen LogP contribution < -0.4 is 5.32 Å². The molecule has 5 heteroatoms. The van der Waals surface area contributed by atoms with Gasteiger partial charge in [0.1, 0.15) is 18.0 Å². The molecule has 0 radical (unpaired) electrons. The third-order valence-electron chi connectivity index (χ3n) is 2.45. The van der Waals surface area contributed by atoms with Crippen LogP contribution in [-0.4, -0.2) is 9.97 Å². The van der Waals surface area contributed by atoms with E-state index in [0.29, 0.717) is 23.5 Å². The maximum Gasteiger partial charge on any atom is 0.129 e. The second-order valence-corrected chi connectivity index (χ2v) is 3.82. The van der Waals surface area contributed by atoms with E-state index in [4.69, 9.17) is 5.26 Å². The number of benzene rings is 1. The Balaban J connectivity index is 2.09. The number of aromatic nitrogens is 2. The molecule has 0 bridgehead atoms. The molecule has 0 unspecified atom stereocenters. The number of nitriles is 1. The summed E-state index contributed by atoms with van der Waals surface area (Å²) in [6, 6.07) is 8.08. The van der Waals surface area contributed by atoms with Crippen LogP contribution in [0.3, 0.4) is 0 Å². The molecule has 1 N–H and O–H groups in total. The van der Waals surface area contributed by atoms with Crippen molar-refractivity contribution < 1.29 is 4.39 Å². The Bertz CT molecular complexity index is 604. The number of halogens is 1. The van der Waals surface area contributed by atoms with Crippen molar-refractivity contribution in [2.45, 2.75) is 13.5 Å². The molecule has 2 aromatic rings. The first kappa shape index (κ1) is 12.0. The van der Waals surface area contributed by atoms with Gasteiger partial charge in [-0.1, -0.05) is 6.07 Å². The highest BCUT2D eigenvalue weighted by atomic mass is 19.1. The van der Waals surface area contributed by atoms with Crippen LogP contribution in [0.2, 0.25) is 0 Å². The summed E-state index contributed by atoms with van der Waals surface area (Å²) in [5, 5.41) is 11.6. The van der Waals surface area contributed by atoms with Crippen molar-refractivity contribution in [3.8, 4) is 6.07 Å². The number of hydrogen-bond donors (Lipinski definition) is 1. The number of rotatable bonds is 3. The third-order valence-corrected chi connectivity index (χ3v) is 2.45. The van der Waals surface area contributed by atoms with E-state index in [1.807, 2.05) is 13.0 Å². The summed E-state index contributed by atoms with van der Waals surface area (Å²) < 4.78 is 13.6. The maximum absolute atomic E-state index is 13.6. The van der Waals surface area contributed by atoms with E-state index in [-0.39, 0.29) is 0 Å². The third kappa shape index (κ3) is 2.80. The fourth-order valence-electron chi connectivity index (χ4n) is 1.50. The van der Waals surface area contributed by atoms with Crippen LogP contribution in [0, 0.1) is 24.1 Å². The normalized spacial score (nSPS) is 9.83. The summed E-state index contributed by atoms with van der Waals surface area (Å²) in [7, 11) is 0. The molecule has 0 atom stereocenters. The topological polar surface area (TPSA) is 61.6 Å². The van der Waals surface area contributed by atoms with Crippen LogP contribution in [0.5, 0.6) is 0 Å². The minimum absolute atomic E-state index is 0.313. The zero-order valence-electron chi connectivity index (χ0n) is 9.81. The van der Waals surface area contributed by atoms with Crippen molar-refractivity contribution >= 4 is 5.82 Å². The predicted molar refractivity (Wildman–Crippen MR) is 65.2 cm³/mol. The minimum Gasteiger partial charge on any atom is -0.366 e. The smallest absolute Gasteiger partial charge is 0.129 e. The van der Waals surface area contributed by atoms with Gasteiger partial charge in [0.05, 0.1) is 11.6 Å². The van der Waals surface area contributed by atoms with Gasteiger partial charge in [-0.2, -0.15) is 5.26 Å². The van der Waals surface area contributed by atoms with Crippen LogP contribution in [-0.2, 0) is 6.54 Å². The molecule has 0 saturated heterocycles. The average Bonchev–Trinajstić information content (AvgIpc) is 2.37. The number of hydrogen-bond acceptors (Lipinski definition) is 4. The molecule has 0 amide bonds. The van der Waals surface area contributed by atoms with Gasteiger partial charge in [-0.15, -0.1) is 0 Å². The average molecular weight is 242 g/mol. The summed E-state index contributed by atoms with van der Waals surface area (Å²) in [6.45, 7) is 2.17. The van der Waals surface area contributed by atoms with E-state index in [1.165, 1.54) is 12.4 Å². The highest BCUT2D eigenvalue weighted by Crippen LogP contribution is 2.12. The van der Waals surface area contributed by atoms with Gasteiger partial charge in [0.2, 0.25) is 0 Å². The fraction of sp³-hybridized carbons (Fsp3) is 0.154. The Kier molecular flexibility index (Phi) is 3.49. The predicted octanol–water partition coefficient (Wildman–Crippen LogP) is 2.41. The quantitative estimate of drug-likeness (QED) is 0.897. The molecule has 4 nitrogen and oxygen atoms in total. The van der Waals surface area contributed by atoms with Gasteiger partial charge in [-0.3, -0.25) is 0 Å². The zero-order chi connectivity index (χ0) is 13.0. The molecule has 1 aromatic carbocycles. The first-order valence-corrected chi connectivity index (χ1v) is 5.40. The SMILES string of the molecule is Cc1cc(NCc2ccc(C#N)cc2F)ncn1. The van der Waals surface area contributed by atoms with Crippen LogP contribution >= 0.6 is 0 Å².